The maximum absolute atomic E-state index is 2.73. The second kappa shape index (κ2) is 12.4. The van der Waals surface area contributed by atoms with Gasteiger partial charge in [-0.25, -0.2) is 0 Å². The van der Waals surface area contributed by atoms with Gasteiger partial charge >= 0.3 is 6.85 Å². The lowest BCUT2D eigenvalue weighted by atomic mass is 9.45. The third-order valence-electron chi connectivity index (χ3n) is 14.1. The molecule has 0 bridgehead atoms. The first-order chi connectivity index (χ1) is 28.8. The molecule has 0 spiro atoms. The fourth-order valence-electron chi connectivity index (χ4n) is 10.6. The van der Waals surface area contributed by atoms with Gasteiger partial charge in [0.1, 0.15) is 0 Å². The molecule has 0 unspecified atom stereocenters. The SMILES string of the molecule is CC(C)(C)c1ccc(-c2ccc3c(c2)c2cc(-c4ccc(C(C)(C)C)cc4)cc4c2n3B2c3c-4cccc3-n3c4ccc(C(C)(C)C)cc4c4cc(C(C)(C)C)cc2c43)cc1. The molecule has 11 rings (SSSR count). The van der Waals surface area contributed by atoms with Crippen molar-refractivity contribution in [2.75, 3.05) is 0 Å². The monoisotopic (exact) mass is 792 g/mol. The maximum Gasteiger partial charge on any atom is 0.333 e. The molecule has 2 aliphatic heterocycles. The van der Waals surface area contributed by atoms with E-state index in [9.17, 15) is 0 Å². The molecule has 0 aliphatic carbocycles. The lowest BCUT2D eigenvalue weighted by molar-refractivity contribution is 0.590. The van der Waals surface area contributed by atoms with Crippen molar-refractivity contribution in [3.05, 3.63) is 150 Å². The molecule has 7 aromatic carbocycles. The van der Waals surface area contributed by atoms with E-state index in [4.69, 9.17) is 0 Å². The Morgan fingerprint density at radius 3 is 1.51 bits per heavy atom. The minimum absolute atomic E-state index is 0.0104. The predicted octanol–water partition coefficient (Wildman–Crippen LogP) is 14.4. The highest BCUT2D eigenvalue weighted by atomic mass is 15.0. The Balaban J connectivity index is 1.26. The number of hydrogen-bond donors (Lipinski definition) is 0. The second-order valence-corrected chi connectivity index (χ2v) is 22.3. The first kappa shape index (κ1) is 38.2. The molecule has 302 valence electrons. The zero-order chi connectivity index (χ0) is 42.7. The standard InChI is InChI=1S/C58H57BN2/c1-55(2,3)38-21-16-34(17-22-38)36-20-26-50-43(28-36)46-30-37(35-18-23-39(24-19-35)56(4,5)6)29-45-42-14-13-15-51-52(42)59(61(50)53(45)46)48-33-41(58(10,11)12)32-47-44-31-40(57(7,8)9)25-27-49(44)60(51)54(47)48/h13-33H,1-12H3. The van der Waals surface area contributed by atoms with Crippen molar-refractivity contribution in [1.82, 2.24) is 9.05 Å². The zero-order valence-electron chi connectivity index (χ0n) is 38.1. The number of aromatic nitrogens is 2. The Labute approximate surface area is 362 Å². The van der Waals surface area contributed by atoms with Crippen LogP contribution >= 0.6 is 0 Å². The van der Waals surface area contributed by atoms with E-state index in [-0.39, 0.29) is 28.5 Å². The summed E-state index contributed by atoms with van der Waals surface area (Å²) in [6, 6.07) is 50.2. The minimum atomic E-state index is -0.0317. The molecule has 0 N–H and O–H groups in total. The van der Waals surface area contributed by atoms with E-state index in [0.29, 0.717) is 0 Å². The number of fused-ring (bicyclic) bond motifs is 10. The van der Waals surface area contributed by atoms with Crippen LogP contribution < -0.4 is 10.9 Å². The average molecular weight is 793 g/mol. The summed E-state index contributed by atoms with van der Waals surface area (Å²) in [5.41, 5.74) is 22.6. The average Bonchev–Trinajstić information content (AvgIpc) is 3.72. The van der Waals surface area contributed by atoms with Crippen molar-refractivity contribution in [1.29, 1.82) is 0 Å². The predicted molar refractivity (Wildman–Crippen MR) is 265 cm³/mol. The van der Waals surface area contributed by atoms with Crippen molar-refractivity contribution in [3.63, 3.8) is 0 Å². The number of nitrogens with zero attached hydrogens (tertiary/aromatic N) is 2. The van der Waals surface area contributed by atoms with Crippen LogP contribution in [0.2, 0.25) is 0 Å². The Kier molecular flexibility index (Phi) is 7.76. The summed E-state index contributed by atoms with van der Waals surface area (Å²) in [4.78, 5) is 0. The largest absolute Gasteiger partial charge is 0.375 e. The normalized spacial score (nSPS) is 13.9. The molecular weight excluding hydrogens is 735 g/mol. The van der Waals surface area contributed by atoms with Crippen molar-refractivity contribution in [2.24, 2.45) is 0 Å². The number of rotatable bonds is 2. The first-order valence-electron chi connectivity index (χ1n) is 22.4. The van der Waals surface area contributed by atoms with E-state index < -0.39 is 0 Å². The molecule has 0 amide bonds. The Bertz CT molecular complexity index is 3300. The van der Waals surface area contributed by atoms with Gasteiger partial charge in [-0.15, -0.1) is 0 Å². The van der Waals surface area contributed by atoms with Gasteiger partial charge in [0.15, 0.2) is 0 Å². The Hall–Kier alpha value is -5.80. The summed E-state index contributed by atoms with van der Waals surface area (Å²) in [5, 5.41) is 5.32. The van der Waals surface area contributed by atoms with Crippen LogP contribution in [-0.4, -0.2) is 15.9 Å². The van der Waals surface area contributed by atoms with Crippen molar-refractivity contribution in [2.45, 2.75) is 105 Å². The lowest BCUT2D eigenvalue weighted by Gasteiger charge is -2.35. The van der Waals surface area contributed by atoms with Crippen molar-refractivity contribution in [3.8, 4) is 39.1 Å². The molecule has 0 saturated carbocycles. The maximum atomic E-state index is 2.73. The molecule has 0 radical (unpaired) electrons. The molecule has 0 saturated heterocycles. The van der Waals surface area contributed by atoms with Gasteiger partial charge in [0, 0.05) is 43.8 Å². The topological polar surface area (TPSA) is 9.86 Å². The number of hydrogen-bond acceptors (Lipinski definition) is 0. The molecule has 9 aromatic rings. The summed E-state index contributed by atoms with van der Waals surface area (Å²) in [6.45, 7) is 27.9. The van der Waals surface area contributed by atoms with Gasteiger partial charge in [-0.1, -0.05) is 162 Å². The molecule has 61 heavy (non-hydrogen) atoms. The van der Waals surface area contributed by atoms with E-state index in [1.807, 2.05) is 0 Å². The van der Waals surface area contributed by atoms with Crippen LogP contribution in [0, 0.1) is 0 Å². The molecule has 2 aromatic heterocycles. The van der Waals surface area contributed by atoms with Crippen LogP contribution in [0.4, 0.5) is 0 Å². The van der Waals surface area contributed by atoms with Crippen LogP contribution in [0.3, 0.4) is 0 Å². The number of benzene rings is 7. The molecule has 3 heteroatoms. The third-order valence-corrected chi connectivity index (χ3v) is 14.1. The fourth-order valence-corrected chi connectivity index (χ4v) is 10.6. The fraction of sp³-hybridized carbons (Fsp3) is 0.276. The summed E-state index contributed by atoms with van der Waals surface area (Å²) < 4.78 is 5.34. The Morgan fingerprint density at radius 2 is 0.885 bits per heavy atom. The van der Waals surface area contributed by atoms with Crippen molar-refractivity contribution < 1.29 is 0 Å². The van der Waals surface area contributed by atoms with Gasteiger partial charge in [0.2, 0.25) is 0 Å². The van der Waals surface area contributed by atoms with Gasteiger partial charge in [0.05, 0.1) is 11.0 Å². The van der Waals surface area contributed by atoms with E-state index in [1.165, 1.54) is 116 Å². The van der Waals surface area contributed by atoms with Crippen LogP contribution in [0.5, 0.6) is 0 Å². The highest BCUT2D eigenvalue weighted by Gasteiger charge is 2.42. The molecule has 0 fully saturated rings. The van der Waals surface area contributed by atoms with Gasteiger partial charge < -0.3 is 9.05 Å². The van der Waals surface area contributed by atoms with E-state index >= 15 is 0 Å². The summed E-state index contributed by atoms with van der Waals surface area (Å²) in [7, 11) is 0. The zero-order valence-corrected chi connectivity index (χ0v) is 38.1. The van der Waals surface area contributed by atoms with E-state index in [2.05, 4.69) is 220 Å². The van der Waals surface area contributed by atoms with Gasteiger partial charge in [-0.05, 0) is 131 Å². The van der Waals surface area contributed by atoms with Crippen LogP contribution in [-0.2, 0) is 21.7 Å². The highest BCUT2D eigenvalue weighted by molar-refractivity contribution is 6.90. The highest BCUT2D eigenvalue weighted by Crippen LogP contribution is 2.47. The van der Waals surface area contributed by atoms with Gasteiger partial charge in [0.25, 0.3) is 0 Å². The molecule has 2 aliphatic rings. The molecular formula is C58H57BN2. The first-order valence-corrected chi connectivity index (χ1v) is 22.4. The summed E-state index contributed by atoms with van der Waals surface area (Å²) >= 11 is 0. The lowest BCUT2D eigenvalue weighted by Crippen LogP contribution is -2.55. The quantitative estimate of drug-likeness (QED) is 0.154. The Morgan fingerprint density at radius 1 is 0.377 bits per heavy atom. The van der Waals surface area contributed by atoms with Crippen LogP contribution in [0.15, 0.2) is 127 Å². The van der Waals surface area contributed by atoms with E-state index in [0.717, 1.165) is 0 Å². The minimum Gasteiger partial charge on any atom is -0.375 e. The van der Waals surface area contributed by atoms with E-state index in [1.54, 1.807) is 0 Å². The van der Waals surface area contributed by atoms with Crippen LogP contribution in [0.25, 0.3) is 82.7 Å². The molecule has 4 heterocycles. The van der Waals surface area contributed by atoms with Gasteiger partial charge in [-0.2, -0.15) is 0 Å². The molecule has 2 nitrogen and oxygen atoms in total. The van der Waals surface area contributed by atoms with Gasteiger partial charge in [-0.3, -0.25) is 0 Å². The smallest absolute Gasteiger partial charge is 0.333 e. The summed E-state index contributed by atoms with van der Waals surface area (Å²) in [5.74, 6) is 0. The molecule has 0 atom stereocenters. The van der Waals surface area contributed by atoms with Crippen molar-refractivity contribution >= 4 is 61.4 Å². The van der Waals surface area contributed by atoms with Crippen LogP contribution in [0.1, 0.15) is 105 Å². The second-order valence-electron chi connectivity index (χ2n) is 22.3. The summed E-state index contributed by atoms with van der Waals surface area (Å²) in [6.07, 6.45) is 0. The third kappa shape index (κ3) is 5.61.